The number of furan rings is 2. The van der Waals surface area contributed by atoms with Gasteiger partial charge in [-0.25, -0.2) is 0 Å². The van der Waals surface area contributed by atoms with Crippen LogP contribution in [0.25, 0.3) is 5.76 Å². The number of hydrogen-bond donors (Lipinski definition) is 1. The van der Waals surface area contributed by atoms with Crippen molar-refractivity contribution in [1.29, 1.82) is 0 Å². The third-order valence-electron chi connectivity index (χ3n) is 4.31. The molecule has 6 nitrogen and oxygen atoms in total. The number of rotatable bonds is 4. The van der Waals surface area contributed by atoms with Crippen LogP contribution in [-0.2, 0) is 16.1 Å². The second-order valence-corrected chi connectivity index (χ2v) is 5.89. The van der Waals surface area contributed by atoms with Gasteiger partial charge in [-0.2, -0.15) is 0 Å². The van der Waals surface area contributed by atoms with E-state index in [-0.39, 0.29) is 17.9 Å². The van der Waals surface area contributed by atoms with Crippen LogP contribution in [0.3, 0.4) is 0 Å². The van der Waals surface area contributed by atoms with Gasteiger partial charge in [0.2, 0.25) is 0 Å². The average Bonchev–Trinajstić information content (AvgIpc) is 3.41. The summed E-state index contributed by atoms with van der Waals surface area (Å²) < 4.78 is 10.8. The first-order valence-corrected chi connectivity index (χ1v) is 8.06. The lowest BCUT2D eigenvalue weighted by molar-refractivity contribution is -0.140. The van der Waals surface area contributed by atoms with Crippen molar-refractivity contribution in [2.24, 2.45) is 0 Å². The fraction of sp³-hybridized carbons (Fsp3) is 0.100. The molecular weight excluding hydrogens is 334 g/mol. The molecule has 0 spiro atoms. The average molecular weight is 349 g/mol. The van der Waals surface area contributed by atoms with E-state index in [4.69, 9.17) is 8.83 Å². The van der Waals surface area contributed by atoms with E-state index in [9.17, 15) is 14.7 Å². The highest BCUT2D eigenvalue weighted by molar-refractivity contribution is 6.46. The Morgan fingerprint density at radius 1 is 0.962 bits per heavy atom. The van der Waals surface area contributed by atoms with Crippen molar-refractivity contribution in [3.8, 4) is 0 Å². The second-order valence-electron chi connectivity index (χ2n) is 5.89. The molecular formula is C20H15NO5. The first-order valence-electron chi connectivity index (χ1n) is 8.06. The summed E-state index contributed by atoms with van der Waals surface area (Å²) in [6.45, 7) is 0.0918. The second kappa shape index (κ2) is 6.40. The Bertz CT molecular complexity index is 955. The number of aliphatic hydroxyl groups excluding tert-OH is 1. The molecule has 1 amide bonds. The summed E-state index contributed by atoms with van der Waals surface area (Å²) in [7, 11) is 0. The molecule has 6 heteroatoms. The molecule has 1 aliphatic rings. The van der Waals surface area contributed by atoms with Gasteiger partial charge in [0, 0.05) is 5.56 Å². The van der Waals surface area contributed by atoms with E-state index in [2.05, 4.69) is 0 Å². The minimum absolute atomic E-state index is 0.00251. The van der Waals surface area contributed by atoms with Crippen molar-refractivity contribution in [2.75, 3.05) is 0 Å². The number of likely N-dealkylation sites (tertiary alicyclic amines) is 1. The van der Waals surface area contributed by atoms with Crippen LogP contribution in [0.15, 0.2) is 81.5 Å². The van der Waals surface area contributed by atoms with Gasteiger partial charge >= 0.3 is 0 Å². The van der Waals surface area contributed by atoms with Gasteiger partial charge in [0.15, 0.2) is 0 Å². The zero-order chi connectivity index (χ0) is 18.1. The first-order chi connectivity index (χ1) is 12.7. The highest BCUT2D eigenvalue weighted by Gasteiger charge is 2.47. The minimum Gasteiger partial charge on any atom is -0.507 e. The predicted molar refractivity (Wildman–Crippen MR) is 91.7 cm³/mol. The molecule has 2 aromatic heterocycles. The maximum absolute atomic E-state index is 12.7. The van der Waals surface area contributed by atoms with E-state index in [1.165, 1.54) is 17.4 Å². The number of carbonyl (C=O) groups excluding carboxylic acids is 2. The van der Waals surface area contributed by atoms with Crippen LogP contribution in [0.4, 0.5) is 0 Å². The summed E-state index contributed by atoms with van der Waals surface area (Å²) in [6.07, 6.45) is 2.96. The lowest BCUT2D eigenvalue weighted by atomic mass is 9.99. The number of Topliss-reactive ketones (excluding diaryl/α,β-unsaturated/α-hetero) is 1. The smallest absolute Gasteiger partial charge is 0.296 e. The number of ketones is 1. The van der Waals surface area contributed by atoms with Crippen LogP contribution >= 0.6 is 0 Å². The van der Waals surface area contributed by atoms with E-state index in [1.807, 2.05) is 0 Å². The molecule has 1 aliphatic heterocycles. The molecule has 1 N–H and O–H groups in total. The molecule has 26 heavy (non-hydrogen) atoms. The van der Waals surface area contributed by atoms with E-state index < -0.39 is 17.7 Å². The van der Waals surface area contributed by atoms with E-state index >= 15 is 0 Å². The summed E-state index contributed by atoms with van der Waals surface area (Å²) in [5.41, 5.74) is 0.461. The van der Waals surface area contributed by atoms with Gasteiger partial charge in [0.25, 0.3) is 11.7 Å². The molecule has 1 unspecified atom stereocenters. The monoisotopic (exact) mass is 349 g/mol. The fourth-order valence-electron chi connectivity index (χ4n) is 3.11. The Hall–Kier alpha value is -3.54. The summed E-state index contributed by atoms with van der Waals surface area (Å²) in [5.74, 6) is -0.761. The topological polar surface area (TPSA) is 83.9 Å². The molecule has 1 atom stereocenters. The Balaban J connectivity index is 1.84. The maximum Gasteiger partial charge on any atom is 0.296 e. The summed E-state index contributed by atoms with van der Waals surface area (Å²) in [5, 5.41) is 10.7. The molecule has 3 heterocycles. The third kappa shape index (κ3) is 2.61. The first kappa shape index (κ1) is 16.0. The summed E-state index contributed by atoms with van der Waals surface area (Å²) >= 11 is 0. The molecule has 0 bridgehead atoms. The highest BCUT2D eigenvalue weighted by atomic mass is 16.3. The molecule has 0 aliphatic carbocycles. The summed E-state index contributed by atoms with van der Waals surface area (Å²) in [6, 6.07) is 14.6. The zero-order valence-corrected chi connectivity index (χ0v) is 13.7. The van der Waals surface area contributed by atoms with Gasteiger partial charge in [-0.15, -0.1) is 0 Å². The predicted octanol–water partition coefficient (Wildman–Crippen LogP) is 3.49. The Morgan fingerprint density at radius 3 is 2.35 bits per heavy atom. The number of carbonyl (C=O) groups is 2. The molecule has 1 aromatic carbocycles. The minimum atomic E-state index is -0.824. The molecule has 0 saturated carbocycles. The number of hydrogen-bond acceptors (Lipinski definition) is 5. The van der Waals surface area contributed by atoms with Gasteiger partial charge in [0.05, 0.1) is 24.6 Å². The van der Waals surface area contributed by atoms with E-state index in [0.717, 1.165) is 0 Å². The quantitative estimate of drug-likeness (QED) is 0.443. The lowest BCUT2D eigenvalue weighted by Gasteiger charge is -2.22. The van der Waals surface area contributed by atoms with E-state index in [0.29, 0.717) is 17.1 Å². The highest BCUT2D eigenvalue weighted by Crippen LogP contribution is 2.40. The van der Waals surface area contributed by atoms with Crippen LogP contribution in [0.5, 0.6) is 0 Å². The van der Waals surface area contributed by atoms with Crippen molar-refractivity contribution >= 4 is 17.4 Å². The maximum atomic E-state index is 12.7. The Morgan fingerprint density at radius 2 is 1.69 bits per heavy atom. The molecule has 130 valence electrons. The van der Waals surface area contributed by atoms with Crippen LogP contribution < -0.4 is 0 Å². The SMILES string of the molecule is O=C1C(=O)N(Cc2ccco2)C(c2ccco2)/C1=C(\O)c1ccccc1. The van der Waals surface area contributed by atoms with Crippen LogP contribution in [0, 0.1) is 0 Å². The van der Waals surface area contributed by atoms with Gasteiger partial charge in [-0.1, -0.05) is 30.3 Å². The molecule has 1 saturated heterocycles. The van der Waals surface area contributed by atoms with Gasteiger partial charge in [-0.05, 0) is 24.3 Å². The summed E-state index contributed by atoms with van der Waals surface area (Å²) in [4.78, 5) is 26.7. The van der Waals surface area contributed by atoms with E-state index in [1.54, 1.807) is 54.6 Å². The molecule has 0 radical (unpaired) electrons. The van der Waals surface area contributed by atoms with Gasteiger partial charge < -0.3 is 18.8 Å². The third-order valence-corrected chi connectivity index (χ3v) is 4.31. The standard InChI is InChI=1S/C20H15NO5/c22-18(13-6-2-1-3-7-13)16-17(15-9-5-11-26-15)21(20(24)19(16)23)12-14-8-4-10-25-14/h1-11,17,22H,12H2/b18-16+. The van der Waals surface area contributed by atoms with Crippen molar-refractivity contribution in [1.82, 2.24) is 4.90 Å². The van der Waals surface area contributed by atoms with Gasteiger partial charge in [0.1, 0.15) is 23.3 Å². The van der Waals surface area contributed by atoms with Gasteiger partial charge in [-0.3, -0.25) is 9.59 Å². The van der Waals surface area contributed by atoms with Crippen molar-refractivity contribution in [3.63, 3.8) is 0 Å². The van der Waals surface area contributed by atoms with Crippen LogP contribution in [-0.4, -0.2) is 21.7 Å². The number of amides is 1. The van der Waals surface area contributed by atoms with Crippen molar-refractivity contribution < 1.29 is 23.5 Å². The normalized spacial score (nSPS) is 19.2. The largest absolute Gasteiger partial charge is 0.507 e. The Labute approximate surface area is 149 Å². The Kier molecular flexibility index (Phi) is 3.93. The number of benzene rings is 1. The number of aliphatic hydroxyl groups is 1. The molecule has 3 aromatic rings. The van der Waals surface area contributed by atoms with Crippen LogP contribution in [0.2, 0.25) is 0 Å². The molecule has 4 rings (SSSR count). The fourth-order valence-corrected chi connectivity index (χ4v) is 3.11. The van der Waals surface area contributed by atoms with Crippen molar-refractivity contribution in [3.05, 3.63) is 89.8 Å². The molecule has 1 fully saturated rings. The lowest BCUT2D eigenvalue weighted by Crippen LogP contribution is -2.28. The van der Waals surface area contributed by atoms with Crippen molar-refractivity contribution in [2.45, 2.75) is 12.6 Å². The zero-order valence-electron chi connectivity index (χ0n) is 13.7. The number of nitrogens with zero attached hydrogens (tertiary/aromatic N) is 1. The van der Waals surface area contributed by atoms with Crippen LogP contribution in [0.1, 0.15) is 23.1 Å².